The maximum Gasteiger partial charge on any atom is 0.123 e. The zero-order valence-corrected chi connectivity index (χ0v) is 11.8. The van der Waals surface area contributed by atoms with Crippen molar-refractivity contribution in [2.75, 3.05) is 19.8 Å². The minimum absolute atomic E-state index is 0.253. The van der Waals surface area contributed by atoms with Crippen LogP contribution in [0.4, 0.5) is 4.39 Å². The second kappa shape index (κ2) is 8.46. The van der Waals surface area contributed by atoms with Crippen LogP contribution in [0.5, 0.6) is 0 Å². The van der Waals surface area contributed by atoms with E-state index in [0.717, 1.165) is 31.7 Å². The molecule has 102 valence electrons. The van der Waals surface area contributed by atoms with Gasteiger partial charge in [0.05, 0.1) is 0 Å². The van der Waals surface area contributed by atoms with Gasteiger partial charge in [0.15, 0.2) is 0 Å². The third-order valence-electron chi connectivity index (χ3n) is 2.42. The lowest BCUT2D eigenvalue weighted by atomic mass is 10.2. The van der Waals surface area contributed by atoms with Crippen LogP contribution in [0.25, 0.3) is 0 Å². The second-order valence-electron chi connectivity index (χ2n) is 4.73. The molecule has 0 saturated carbocycles. The summed E-state index contributed by atoms with van der Waals surface area (Å²) < 4.78 is 18.5. The van der Waals surface area contributed by atoms with E-state index in [9.17, 15) is 4.39 Å². The summed E-state index contributed by atoms with van der Waals surface area (Å²) in [6.07, 6.45) is 0.944. The summed E-state index contributed by atoms with van der Waals surface area (Å²) in [4.78, 5) is 0. The summed E-state index contributed by atoms with van der Waals surface area (Å²) >= 11 is 5.96. The predicted molar refractivity (Wildman–Crippen MR) is 73.4 cm³/mol. The topological polar surface area (TPSA) is 21.3 Å². The average Bonchev–Trinajstić information content (AvgIpc) is 2.32. The van der Waals surface area contributed by atoms with Crippen LogP contribution in [-0.4, -0.2) is 19.8 Å². The third kappa shape index (κ3) is 6.34. The van der Waals surface area contributed by atoms with Crippen molar-refractivity contribution in [1.82, 2.24) is 5.32 Å². The molecule has 0 saturated heterocycles. The van der Waals surface area contributed by atoms with Gasteiger partial charge in [0.2, 0.25) is 0 Å². The summed E-state index contributed by atoms with van der Waals surface area (Å²) in [7, 11) is 0. The van der Waals surface area contributed by atoms with Gasteiger partial charge < -0.3 is 10.1 Å². The van der Waals surface area contributed by atoms with Crippen molar-refractivity contribution >= 4 is 11.6 Å². The summed E-state index contributed by atoms with van der Waals surface area (Å²) in [5.41, 5.74) is 0.791. The van der Waals surface area contributed by atoms with E-state index < -0.39 is 0 Å². The molecule has 2 nitrogen and oxygen atoms in total. The maximum atomic E-state index is 13.0. The first-order valence-electron chi connectivity index (χ1n) is 6.32. The number of halogens is 2. The van der Waals surface area contributed by atoms with E-state index >= 15 is 0 Å². The first-order chi connectivity index (χ1) is 8.59. The Balaban J connectivity index is 2.12. The van der Waals surface area contributed by atoms with Gasteiger partial charge in [-0.05, 0) is 42.6 Å². The van der Waals surface area contributed by atoms with Gasteiger partial charge in [-0.25, -0.2) is 4.39 Å². The van der Waals surface area contributed by atoms with Crippen LogP contribution >= 0.6 is 11.6 Å². The molecule has 0 radical (unpaired) electrons. The predicted octanol–water partition coefficient (Wildman–Crippen LogP) is 3.63. The zero-order chi connectivity index (χ0) is 13.4. The SMILES string of the molecule is CC(C)COCCCNCc1cc(F)ccc1Cl. The van der Waals surface area contributed by atoms with E-state index in [2.05, 4.69) is 19.2 Å². The molecule has 1 rings (SSSR count). The molecule has 0 aromatic heterocycles. The van der Waals surface area contributed by atoms with Crippen LogP contribution in [0.15, 0.2) is 18.2 Å². The van der Waals surface area contributed by atoms with Gasteiger partial charge in [0.25, 0.3) is 0 Å². The van der Waals surface area contributed by atoms with Gasteiger partial charge in [0, 0.05) is 24.8 Å². The normalized spacial score (nSPS) is 11.2. The van der Waals surface area contributed by atoms with Crippen molar-refractivity contribution in [3.8, 4) is 0 Å². The minimum Gasteiger partial charge on any atom is -0.381 e. The highest BCUT2D eigenvalue weighted by atomic mass is 35.5. The van der Waals surface area contributed by atoms with E-state index in [1.54, 1.807) is 6.07 Å². The molecule has 0 fully saturated rings. The largest absolute Gasteiger partial charge is 0.381 e. The van der Waals surface area contributed by atoms with Gasteiger partial charge in [-0.15, -0.1) is 0 Å². The Labute approximate surface area is 113 Å². The van der Waals surface area contributed by atoms with Gasteiger partial charge in [-0.2, -0.15) is 0 Å². The van der Waals surface area contributed by atoms with Crippen LogP contribution in [0, 0.1) is 11.7 Å². The summed E-state index contributed by atoms with van der Waals surface area (Å²) in [6.45, 7) is 7.23. The molecule has 1 aromatic carbocycles. The molecule has 0 heterocycles. The van der Waals surface area contributed by atoms with Gasteiger partial charge in [0.1, 0.15) is 5.82 Å². The van der Waals surface area contributed by atoms with E-state index in [0.29, 0.717) is 17.5 Å². The molecule has 0 unspecified atom stereocenters. The highest BCUT2D eigenvalue weighted by Gasteiger charge is 2.01. The maximum absolute atomic E-state index is 13.0. The Kier molecular flexibility index (Phi) is 7.25. The molecule has 0 spiro atoms. The van der Waals surface area contributed by atoms with Crippen molar-refractivity contribution in [2.45, 2.75) is 26.8 Å². The molecule has 0 aliphatic heterocycles. The van der Waals surface area contributed by atoms with Crippen molar-refractivity contribution in [1.29, 1.82) is 0 Å². The molecular weight excluding hydrogens is 253 g/mol. The van der Waals surface area contributed by atoms with E-state index in [-0.39, 0.29) is 5.82 Å². The van der Waals surface area contributed by atoms with Crippen LogP contribution < -0.4 is 5.32 Å². The summed E-state index contributed by atoms with van der Waals surface area (Å²) in [6, 6.07) is 4.41. The Morgan fingerprint density at radius 3 is 2.89 bits per heavy atom. The molecule has 0 aliphatic rings. The van der Waals surface area contributed by atoms with E-state index in [1.807, 2.05) is 0 Å². The van der Waals surface area contributed by atoms with Gasteiger partial charge >= 0.3 is 0 Å². The first kappa shape index (κ1) is 15.4. The van der Waals surface area contributed by atoms with Crippen molar-refractivity contribution in [3.05, 3.63) is 34.6 Å². The molecular formula is C14H21ClFNO. The lowest BCUT2D eigenvalue weighted by molar-refractivity contribution is 0.108. The number of benzene rings is 1. The molecule has 0 bridgehead atoms. The van der Waals surface area contributed by atoms with E-state index in [4.69, 9.17) is 16.3 Å². The fraction of sp³-hybridized carbons (Fsp3) is 0.571. The Bertz CT molecular complexity index is 358. The summed E-state index contributed by atoms with van der Waals surface area (Å²) in [5.74, 6) is 0.320. The monoisotopic (exact) mass is 273 g/mol. The molecule has 1 N–H and O–H groups in total. The second-order valence-corrected chi connectivity index (χ2v) is 5.14. The van der Waals surface area contributed by atoms with Crippen LogP contribution in [-0.2, 0) is 11.3 Å². The van der Waals surface area contributed by atoms with Crippen LogP contribution in [0.3, 0.4) is 0 Å². The highest BCUT2D eigenvalue weighted by molar-refractivity contribution is 6.31. The van der Waals surface area contributed by atoms with Gasteiger partial charge in [-0.3, -0.25) is 0 Å². The highest BCUT2D eigenvalue weighted by Crippen LogP contribution is 2.16. The smallest absolute Gasteiger partial charge is 0.123 e. The third-order valence-corrected chi connectivity index (χ3v) is 2.79. The lowest BCUT2D eigenvalue weighted by Crippen LogP contribution is -2.17. The zero-order valence-electron chi connectivity index (χ0n) is 11.0. The molecule has 0 aliphatic carbocycles. The molecule has 4 heteroatoms. The minimum atomic E-state index is -0.253. The van der Waals surface area contributed by atoms with Crippen molar-refractivity contribution in [2.24, 2.45) is 5.92 Å². The number of rotatable bonds is 8. The first-order valence-corrected chi connectivity index (χ1v) is 6.69. The lowest BCUT2D eigenvalue weighted by Gasteiger charge is -2.08. The molecule has 18 heavy (non-hydrogen) atoms. The number of hydrogen-bond acceptors (Lipinski definition) is 2. The molecule has 0 amide bonds. The average molecular weight is 274 g/mol. The quantitative estimate of drug-likeness (QED) is 0.731. The van der Waals surface area contributed by atoms with Gasteiger partial charge in [-0.1, -0.05) is 25.4 Å². The van der Waals surface area contributed by atoms with Crippen LogP contribution in [0.1, 0.15) is 25.8 Å². The standard InChI is InChI=1S/C14H21ClFNO/c1-11(2)10-18-7-3-6-17-9-12-8-13(16)4-5-14(12)15/h4-5,8,11,17H,3,6-7,9-10H2,1-2H3. The van der Waals surface area contributed by atoms with Crippen LogP contribution in [0.2, 0.25) is 5.02 Å². The Hall–Kier alpha value is -0.640. The van der Waals surface area contributed by atoms with E-state index in [1.165, 1.54) is 12.1 Å². The number of nitrogens with one attached hydrogen (secondary N) is 1. The Morgan fingerprint density at radius 2 is 2.17 bits per heavy atom. The summed E-state index contributed by atoms with van der Waals surface area (Å²) in [5, 5.41) is 3.82. The Morgan fingerprint density at radius 1 is 1.39 bits per heavy atom. The fourth-order valence-electron chi connectivity index (χ4n) is 1.52. The number of ether oxygens (including phenoxy) is 1. The van der Waals surface area contributed by atoms with Crippen molar-refractivity contribution < 1.29 is 9.13 Å². The fourth-order valence-corrected chi connectivity index (χ4v) is 1.70. The molecule has 1 aromatic rings. The molecule has 0 atom stereocenters. The van der Waals surface area contributed by atoms with Crippen molar-refractivity contribution in [3.63, 3.8) is 0 Å². The number of hydrogen-bond donors (Lipinski definition) is 1.